The monoisotopic (exact) mass is 377 g/mol. The van der Waals surface area contributed by atoms with Gasteiger partial charge in [-0.1, -0.05) is 11.6 Å². The number of pyridine rings is 1. The molecule has 136 valence electrons. The normalized spacial score (nSPS) is 16.4. The summed E-state index contributed by atoms with van der Waals surface area (Å²) in [6.07, 6.45) is 3.86. The number of halogens is 1. The van der Waals surface area contributed by atoms with Crippen LogP contribution in [0.2, 0.25) is 5.02 Å². The second-order valence-corrected chi connectivity index (χ2v) is 6.13. The summed E-state index contributed by atoms with van der Waals surface area (Å²) in [6.45, 7) is 1.04. The Kier molecular flexibility index (Phi) is 5.22. The van der Waals surface area contributed by atoms with Crippen LogP contribution in [0.25, 0.3) is 0 Å². The largest absolute Gasteiger partial charge is 0.488 e. The highest BCUT2D eigenvalue weighted by atomic mass is 35.5. The summed E-state index contributed by atoms with van der Waals surface area (Å²) in [6, 6.07) is 6.10. The van der Waals surface area contributed by atoms with Gasteiger partial charge in [-0.2, -0.15) is 0 Å². The van der Waals surface area contributed by atoms with Crippen molar-refractivity contribution in [2.24, 2.45) is 0 Å². The van der Waals surface area contributed by atoms with Gasteiger partial charge in [-0.25, -0.2) is 4.79 Å². The fourth-order valence-electron chi connectivity index (χ4n) is 2.87. The lowest BCUT2D eigenvalue weighted by Gasteiger charge is -2.20. The molecule has 0 radical (unpaired) electrons. The summed E-state index contributed by atoms with van der Waals surface area (Å²) in [5, 5.41) is 11.6. The summed E-state index contributed by atoms with van der Waals surface area (Å²) in [5.74, 6) is -0.0228. The van der Waals surface area contributed by atoms with E-state index in [0.717, 1.165) is 6.07 Å². The standard InChI is InChI=1S/C17H16ClN3O5/c1-25-17(22)13-8-16(21(23)24)15(9-14(13)18)20-7-4-12(10-20)26-11-2-5-19-6-3-11/h2-3,5-6,8-9,12H,4,7,10H2,1H3. The number of methoxy groups -OCH3 is 1. The van der Waals surface area contributed by atoms with Crippen molar-refractivity contribution in [3.63, 3.8) is 0 Å². The molecule has 1 aliphatic heterocycles. The number of hydrogen-bond acceptors (Lipinski definition) is 7. The molecule has 2 aromatic rings. The number of nitro groups is 1. The smallest absolute Gasteiger partial charge is 0.339 e. The molecule has 1 aliphatic rings. The number of anilines is 1. The average Bonchev–Trinajstić information content (AvgIpc) is 3.09. The first kappa shape index (κ1) is 17.9. The van der Waals surface area contributed by atoms with Gasteiger partial charge < -0.3 is 14.4 Å². The Morgan fingerprint density at radius 2 is 2.12 bits per heavy atom. The van der Waals surface area contributed by atoms with Crippen LogP contribution in [-0.4, -0.2) is 42.2 Å². The first-order valence-corrected chi connectivity index (χ1v) is 8.25. The van der Waals surface area contributed by atoms with Crippen LogP contribution in [-0.2, 0) is 4.74 Å². The van der Waals surface area contributed by atoms with Gasteiger partial charge in [-0.05, 0) is 18.2 Å². The third kappa shape index (κ3) is 3.70. The molecule has 1 fully saturated rings. The van der Waals surface area contributed by atoms with E-state index in [9.17, 15) is 14.9 Å². The van der Waals surface area contributed by atoms with Crippen molar-refractivity contribution in [1.29, 1.82) is 0 Å². The second kappa shape index (κ2) is 7.57. The number of esters is 1. The molecule has 1 unspecified atom stereocenters. The van der Waals surface area contributed by atoms with E-state index >= 15 is 0 Å². The van der Waals surface area contributed by atoms with Gasteiger partial charge in [0.2, 0.25) is 0 Å². The molecular weight excluding hydrogens is 362 g/mol. The first-order valence-electron chi connectivity index (χ1n) is 7.87. The van der Waals surface area contributed by atoms with Crippen molar-refractivity contribution in [2.45, 2.75) is 12.5 Å². The van der Waals surface area contributed by atoms with Crippen LogP contribution < -0.4 is 9.64 Å². The lowest BCUT2D eigenvalue weighted by Crippen LogP contribution is -2.25. The first-order chi connectivity index (χ1) is 12.5. The molecule has 1 aromatic heterocycles. The van der Waals surface area contributed by atoms with Crippen molar-refractivity contribution in [3.05, 3.63) is 57.4 Å². The number of nitrogens with zero attached hydrogens (tertiary/aromatic N) is 3. The van der Waals surface area contributed by atoms with Gasteiger partial charge in [0.25, 0.3) is 5.69 Å². The highest BCUT2D eigenvalue weighted by Crippen LogP contribution is 2.36. The van der Waals surface area contributed by atoms with Crippen LogP contribution in [0.5, 0.6) is 5.75 Å². The predicted octanol–water partition coefficient (Wildman–Crippen LogP) is 3.09. The van der Waals surface area contributed by atoms with Crippen LogP contribution >= 0.6 is 11.6 Å². The van der Waals surface area contributed by atoms with E-state index in [2.05, 4.69) is 9.72 Å². The maximum absolute atomic E-state index is 11.7. The molecule has 0 aliphatic carbocycles. The molecule has 0 amide bonds. The molecule has 0 N–H and O–H groups in total. The summed E-state index contributed by atoms with van der Waals surface area (Å²) in [7, 11) is 1.19. The third-order valence-corrected chi connectivity index (χ3v) is 4.42. The molecule has 0 saturated carbocycles. The van der Waals surface area contributed by atoms with E-state index in [1.807, 2.05) is 4.90 Å². The SMILES string of the molecule is COC(=O)c1cc([N+](=O)[O-])c(N2CCC(Oc3ccncc3)C2)cc1Cl. The summed E-state index contributed by atoms with van der Waals surface area (Å²) in [5.41, 5.74) is 0.126. The minimum atomic E-state index is -0.718. The molecule has 1 aromatic carbocycles. The van der Waals surface area contributed by atoms with Gasteiger partial charge in [-0.15, -0.1) is 0 Å². The zero-order valence-electron chi connectivity index (χ0n) is 13.9. The molecule has 0 spiro atoms. The molecular formula is C17H16ClN3O5. The van der Waals surface area contributed by atoms with E-state index in [4.69, 9.17) is 16.3 Å². The predicted molar refractivity (Wildman–Crippen MR) is 94.9 cm³/mol. The Morgan fingerprint density at radius 3 is 2.77 bits per heavy atom. The van der Waals surface area contributed by atoms with Crippen LogP contribution in [0.4, 0.5) is 11.4 Å². The zero-order chi connectivity index (χ0) is 18.7. The number of aromatic nitrogens is 1. The van der Waals surface area contributed by atoms with Gasteiger partial charge in [-0.3, -0.25) is 15.1 Å². The summed E-state index contributed by atoms with van der Waals surface area (Å²) < 4.78 is 10.5. The summed E-state index contributed by atoms with van der Waals surface area (Å²) >= 11 is 6.14. The van der Waals surface area contributed by atoms with Crippen LogP contribution in [0.3, 0.4) is 0 Å². The van der Waals surface area contributed by atoms with Gasteiger partial charge in [0.1, 0.15) is 17.5 Å². The molecule has 0 bridgehead atoms. The zero-order valence-corrected chi connectivity index (χ0v) is 14.7. The molecule has 9 heteroatoms. The number of carbonyl (C=O) groups is 1. The molecule has 2 heterocycles. The fraction of sp³-hybridized carbons (Fsp3) is 0.294. The lowest BCUT2D eigenvalue weighted by atomic mass is 10.1. The maximum Gasteiger partial charge on any atom is 0.339 e. The molecule has 3 rings (SSSR count). The van der Waals surface area contributed by atoms with Gasteiger partial charge in [0.15, 0.2) is 0 Å². The number of benzene rings is 1. The van der Waals surface area contributed by atoms with Crippen molar-refractivity contribution >= 4 is 28.9 Å². The van der Waals surface area contributed by atoms with Crippen molar-refractivity contribution < 1.29 is 19.2 Å². The Labute approximate surface area is 154 Å². The highest BCUT2D eigenvalue weighted by Gasteiger charge is 2.31. The minimum absolute atomic E-state index is 0.0339. The van der Waals surface area contributed by atoms with Gasteiger partial charge in [0.05, 0.1) is 29.2 Å². The second-order valence-electron chi connectivity index (χ2n) is 5.73. The number of hydrogen-bond donors (Lipinski definition) is 0. The lowest BCUT2D eigenvalue weighted by molar-refractivity contribution is -0.384. The quantitative estimate of drug-likeness (QED) is 0.449. The van der Waals surface area contributed by atoms with E-state index in [0.29, 0.717) is 30.9 Å². The number of nitro benzene ring substituents is 1. The number of ether oxygens (including phenoxy) is 2. The Bertz CT molecular complexity index is 831. The van der Waals surface area contributed by atoms with Crippen LogP contribution in [0.1, 0.15) is 16.8 Å². The van der Waals surface area contributed by atoms with Gasteiger partial charge >= 0.3 is 5.97 Å². The van der Waals surface area contributed by atoms with E-state index in [-0.39, 0.29) is 22.4 Å². The van der Waals surface area contributed by atoms with Crippen LogP contribution in [0, 0.1) is 10.1 Å². The van der Waals surface area contributed by atoms with E-state index in [1.165, 1.54) is 13.2 Å². The van der Waals surface area contributed by atoms with E-state index < -0.39 is 10.9 Å². The molecule has 1 atom stereocenters. The topological polar surface area (TPSA) is 94.8 Å². The van der Waals surface area contributed by atoms with Crippen molar-refractivity contribution in [2.75, 3.05) is 25.1 Å². The number of rotatable bonds is 5. The minimum Gasteiger partial charge on any atom is -0.488 e. The van der Waals surface area contributed by atoms with Crippen molar-refractivity contribution in [3.8, 4) is 5.75 Å². The Balaban J connectivity index is 1.84. The third-order valence-electron chi connectivity index (χ3n) is 4.10. The Morgan fingerprint density at radius 1 is 1.38 bits per heavy atom. The van der Waals surface area contributed by atoms with Crippen molar-refractivity contribution in [1.82, 2.24) is 4.98 Å². The van der Waals surface area contributed by atoms with Gasteiger partial charge in [0, 0.05) is 31.4 Å². The van der Waals surface area contributed by atoms with Crippen LogP contribution in [0.15, 0.2) is 36.7 Å². The fourth-order valence-corrected chi connectivity index (χ4v) is 3.10. The van der Waals surface area contributed by atoms with E-state index in [1.54, 1.807) is 24.5 Å². The maximum atomic E-state index is 11.7. The molecule has 26 heavy (non-hydrogen) atoms. The molecule has 8 nitrogen and oxygen atoms in total. The average molecular weight is 378 g/mol. The Hall–Kier alpha value is -2.87. The molecule has 1 saturated heterocycles. The number of carbonyl (C=O) groups excluding carboxylic acids is 1. The highest BCUT2D eigenvalue weighted by molar-refractivity contribution is 6.34. The summed E-state index contributed by atoms with van der Waals surface area (Å²) in [4.78, 5) is 28.4.